The lowest BCUT2D eigenvalue weighted by atomic mass is 10.7. The summed E-state index contributed by atoms with van der Waals surface area (Å²) in [5.74, 6) is 0. The normalized spacial score (nSPS) is 10.5. The van der Waals surface area contributed by atoms with Gasteiger partial charge in [-0.25, -0.2) is 0 Å². The van der Waals surface area contributed by atoms with Crippen LogP contribution in [0, 0.1) is 0 Å². The molecule has 0 aromatic carbocycles. The monoisotopic (exact) mass is 119 g/mol. The molecule has 0 aliphatic rings. The van der Waals surface area contributed by atoms with E-state index in [1.807, 2.05) is 6.92 Å². The molecule has 0 saturated carbocycles. The fourth-order valence-electron chi connectivity index (χ4n) is 0.430. The summed E-state index contributed by atoms with van der Waals surface area (Å²) in [4.78, 5) is 0. The van der Waals surface area contributed by atoms with Crippen LogP contribution in [-0.2, 0) is 9.47 Å². The van der Waals surface area contributed by atoms with Crippen molar-refractivity contribution in [3.05, 3.63) is 0 Å². The van der Waals surface area contributed by atoms with Gasteiger partial charge in [0.15, 0.2) is 0 Å². The number of methoxy groups -OCH3 is 2. The van der Waals surface area contributed by atoms with Crippen LogP contribution >= 0.6 is 0 Å². The van der Waals surface area contributed by atoms with E-state index in [1.165, 1.54) is 0 Å². The van der Waals surface area contributed by atoms with Crippen LogP contribution in [-0.4, -0.2) is 27.2 Å². The van der Waals surface area contributed by atoms with Gasteiger partial charge in [-0.15, -0.1) is 0 Å². The first-order chi connectivity index (χ1) is 3.85. The van der Waals surface area contributed by atoms with Gasteiger partial charge < -0.3 is 9.47 Å². The van der Waals surface area contributed by atoms with Crippen LogP contribution < -0.4 is 5.32 Å². The summed E-state index contributed by atoms with van der Waals surface area (Å²) in [5.41, 5.74) is 0. The molecular formula is C5H13NO2. The van der Waals surface area contributed by atoms with Crippen molar-refractivity contribution in [1.29, 1.82) is 0 Å². The molecule has 0 bridgehead atoms. The zero-order valence-corrected chi connectivity index (χ0v) is 5.60. The second-order valence-corrected chi connectivity index (χ2v) is 1.36. The fraction of sp³-hybridized carbons (Fsp3) is 1.00. The molecule has 0 aromatic heterocycles. The Kier molecular flexibility index (Phi) is 4.95. The van der Waals surface area contributed by atoms with E-state index in [0.29, 0.717) is 0 Å². The Balaban J connectivity index is 3.07. The lowest BCUT2D eigenvalue weighted by Gasteiger charge is -2.12. The minimum atomic E-state index is -0.250. The number of hydrogen-bond donors (Lipinski definition) is 1. The summed E-state index contributed by atoms with van der Waals surface area (Å²) in [6, 6.07) is 0. The van der Waals surface area contributed by atoms with Gasteiger partial charge in [0, 0.05) is 14.2 Å². The molecule has 1 N–H and O–H groups in total. The maximum Gasteiger partial charge on any atom is 0.215 e. The molecule has 0 aromatic rings. The molecule has 0 saturated heterocycles. The summed E-state index contributed by atoms with van der Waals surface area (Å²) in [6.07, 6.45) is -0.250. The van der Waals surface area contributed by atoms with Crippen LogP contribution in [0.15, 0.2) is 0 Å². The van der Waals surface area contributed by atoms with Crippen molar-refractivity contribution in [3.8, 4) is 0 Å². The quantitative estimate of drug-likeness (QED) is 0.535. The molecule has 3 nitrogen and oxygen atoms in total. The van der Waals surface area contributed by atoms with Crippen molar-refractivity contribution in [2.75, 3.05) is 20.8 Å². The zero-order chi connectivity index (χ0) is 6.41. The second-order valence-electron chi connectivity index (χ2n) is 1.36. The summed E-state index contributed by atoms with van der Waals surface area (Å²) in [7, 11) is 3.19. The maximum atomic E-state index is 4.81. The number of rotatable bonds is 4. The van der Waals surface area contributed by atoms with Gasteiger partial charge in [0.05, 0.1) is 0 Å². The van der Waals surface area contributed by atoms with Crippen LogP contribution in [0.2, 0.25) is 0 Å². The minimum Gasteiger partial charge on any atom is -0.343 e. The van der Waals surface area contributed by atoms with E-state index in [4.69, 9.17) is 9.47 Å². The van der Waals surface area contributed by atoms with Crippen molar-refractivity contribution < 1.29 is 9.47 Å². The minimum absolute atomic E-state index is 0.250. The molecule has 8 heavy (non-hydrogen) atoms. The van der Waals surface area contributed by atoms with Gasteiger partial charge >= 0.3 is 0 Å². The molecule has 3 heteroatoms. The summed E-state index contributed by atoms with van der Waals surface area (Å²) >= 11 is 0. The van der Waals surface area contributed by atoms with E-state index in [2.05, 4.69) is 5.32 Å². The highest BCUT2D eigenvalue weighted by Gasteiger charge is 1.97. The van der Waals surface area contributed by atoms with Gasteiger partial charge in [-0.2, -0.15) is 0 Å². The van der Waals surface area contributed by atoms with Crippen molar-refractivity contribution >= 4 is 0 Å². The molecule has 0 unspecified atom stereocenters. The number of ether oxygens (including phenoxy) is 2. The van der Waals surface area contributed by atoms with Crippen molar-refractivity contribution in [3.63, 3.8) is 0 Å². The SMILES string of the molecule is CCNC(OC)OC. The highest BCUT2D eigenvalue weighted by Crippen LogP contribution is 1.81. The Morgan fingerprint density at radius 2 is 1.88 bits per heavy atom. The Bertz CT molecular complexity index is 45.7. The predicted molar refractivity (Wildman–Crippen MR) is 31.5 cm³/mol. The van der Waals surface area contributed by atoms with E-state index in [1.54, 1.807) is 14.2 Å². The standard InChI is InChI=1S/C5H13NO2/c1-4-6-5(7-2)8-3/h5-6H,4H2,1-3H3. The first kappa shape index (κ1) is 7.88. The maximum absolute atomic E-state index is 4.81. The first-order valence-electron chi connectivity index (χ1n) is 2.64. The van der Waals surface area contributed by atoms with Gasteiger partial charge in [0.1, 0.15) is 0 Å². The van der Waals surface area contributed by atoms with Crippen LogP contribution in [0.3, 0.4) is 0 Å². The molecule has 0 aliphatic carbocycles. The number of hydrogen-bond acceptors (Lipinski definition) is 3. The van der Waals surface area contributed by atoms with Gasteiger partial charge in [0.2, 0.25) is 6.41 Å². The molecule has 0 amide bonds. The second kappa shape index (κ2) is 5.03. The van der Waals surface area contributed by atoms with Crippen molar-refractivity contribution in [2.45, 2.75) is 13.3 Å². The molecule has 50 valence electrons. The molecular weight excluding hydrogens is 106 g/mol. The lowest BCUT2D eigenvalue weighted by molar-refractivity contribution is -0.122. The topological polar surface area (TPSA) is 30.5 Å². The third kappa shape index (κ3) is 2.96. The van der Waals surface area contributed by atoms with Gasteiger partial charge in [-0.05, 0) is 6.54 Å². The Labute approximate surface area is 50.0 Å². The third-order valence-electron chi connectivity index (χ3n) is 0.799. The molecule has 0 rings (SSSR count). The smallest absolute Gasteiger partial charge is 0.215 e. The molecule has 0 fully saturated rings. The van der Waals surface area contributed by atoms with E-state index < -0.39 is 0 Å². The average Bonchev–Trinajstić information content (AvgIpc) is 1.83. The van der Waals surface area contributed by atoms with Crippen LogP contribution in [0.4, 0.5) is 0 Å². The van der Waals surface area contributed by atoms with Gasteiger partial charge in [0.25, 0.3) is 0 Å². The van der Waals surface area contributed by atoms with E-state index in [-0.39, 0.29) is 6.41 Å². The molecule has 0 aliphatic heterocycles. The van der Waals surface area contributed by atoms with E-state index in [9.17, 15) is 0 Å². The lowest BCUT2D eigenvalue weighted by Crippen LogP contribution is -2.31. The summed E-state index contributed by atoms with van der Waals surface area (Å²) < 4.78 is 9.61. The summed E-state index contributed by atoms with van der Waals surface area (Å²) in [6.45, 7) is 2.84. The third-order valence-corrected chi connectivity index (χ3v) is 0.799. The highest BCUT2D eigenvalue weighted by molar-refractivity contribution is 4.34. The van der Waals surface area contributed by atoms with Gasteiger partial charge in [-0.3, -0.25) is 5.32 Å². The largest absolute Gasteiger partial charge is 0.343 e. The summed E-state index contributed by atoms with van der Waals surface area (Å²) in [5, 5.41) is 2.94. The highest BCUT2D eigenvalue weighted by atomic mass is 16.7. The average molecular weight is 119 g/mol. The van der Waals surface area contributed by atoms with Crippen molar-refractivity contribution in [1.82, 2.24) is 5.32 Å². The Morgan fingerprint density at radius 1 is 1.38 bits per heavy atom. The molecule has 0 heterocycles. The Hall–Kier alpha value is -0.120. The van der Waals surface area contributed by atoms with E-state index >= 15 is 0 Å². The van der Waals surface area contributed by atoms with Crippen LogP contribution in [0.1, 0.15) is 6.92 Å². The fourth-order valence-corrected chi connectivity index (χ4v) is 0.430. The zero-order valence-electron chi connectivity index (χ0n) is 5.60. The Morgan fingerprint density at radius 3 is 2.00 bits per heavy atom. The molecule has 0 radical (unpaired) electrons. The van der Waals surface area contributed by atoms with Crippen molar-refractivity contribution in [2.24, 2.45) is 0 Å². The predicted octanol–water partition coefficient (Wildman–Crippen LogP) is 0.172. The molecule has 0 spiro atoms. The first-order valence-corrected chi connectivity index (χ1v) is 2.64. The van der Waals surface area contributed by atoms with Crippen LogP contribution in [0.25, 0.3) is 0 Å². The van der Waals surface area contributed by atoms with Gasteiger partial charge in [-0.1, -0.05) is 6.92 Å². The molecule has 0 atom stereocenters. The van der Waals surface area contributed by atoms with Crippen LogP contribution in [0.5, 0.6) is 0 Å². The number of nitrogens with one attached hydrogen (secondary N) is 1. The van der Waals surface area contributed by atoms with E-state index in [0.717, 1.165) is 6.54 Å².